The molecule has 0 radical (unpaired) electrons. The Labute approximate surface area is 135 Å². The van der Waals surface area contributed by atoms with Gasteiger partial charge in [-0.3, -0.25) is 15.0 Å². The smallest absolute Gasteiger partial charge is 0.269 e. The molecule has 0 fully saturated rings. The highest BCUT2D eigenvalue weighted by atomic mass is 16.3. The van der Waals surface area contributed by atoms with Crippen LogP contribution in [0.1, 0.15) is 6.92 Å². The third-order valence-corrected chi connectivity index (χ3v) is 2.59. The summed E-state index contributed by atoms with van der Waals surface area (Å²) in [7, 11) is 0. The fourth-order valence-electron chi connectivity index (χ4n) is 1.45. The van der Waals surface area contributed by atoms with Crippen molar-refractivity contribution in [3.63, 3.8) is 0 Å². The number of ketones is 1. The Morgan fingerprint density at radius 1 is 1.30 bits per heavy atom. The number of rotatable bonds is 9. The first-order valence-electron chi connectivity index (χ1n) is 6.62. The van der Waals surface area contributed by atoms with Crippen molar-refractivity contribution in [2.75, 3.05) is 6.61 Å². The lowest BCUT2D eigenvalue weighted by Gasteiger charge is -2.10. The second-order valence-electron chi connectivity index (χ2n) is 4.33. The summed E-state index contributed by atoms with van der Waals surface area (Å²) in [5, 5.41) is 9.23. The molecule has 0 unspecified atom stereocenters. The normalized spacial score (nSPS) is 12.9. The summed E-state index contributed by atoms with van der Waals surface area (Å²) in [6.45, 7) is 8.13. The Morgan fingerprint density at radius 2 is 1.96 bits per heavy atom. The van der Waals surface area contributed by atoms with Crippen LogP contribution in [0.4, 0.5) is 0 Å². The highest BCUT2D eigenvalue weighted by molar-refractivity contribution is 6.10. The second kappa shape index (κ2) is 10.6. The first-order valence-corrected chi connectivity index (χ1v) is 6.62. The topological polar surface area (TPSA) is 130 Å². The van der Waals surface area contributed by atoms with Crippen LogP contribution in [-0.4, -0.2) is 23.4 Å². The van der Waals surface area contributed by atoms with Gasteiger partial charge >= 0.3 is 0 Å². The molecule has 0 aromatic rings. The zero-order valence-corrected chi connectivity index (χ0v) is 13.0. The lowest BCUT2D eigenvalue weighted by molar-refractivity contribution is -0.118. The molecule has 0 saturated carbocycles. The van der Waals surface area contributed by atoms with E-state index >= 15 is 0 Å². The van der Waals surface area contributed by atoms with Gasteiger partial charge in [0.1, 0.15) is 0 Å². The number of hydrogen-bond donors (Lipinski definition) is 5. The number of hydrazine groups is 1. The number of aliphatic hydroxyl groups excluding tert-OH is 1. The molecule has 1 amide bonds. The number of aliphatic hydroxyl groups is 1. The number of carbonyl (C=O) groups is 2. The van der Waals surface area contributed by atoms with Crippen molar-refractivity contribution in [2.24, 2.45) is 11.5 Å². The van der Waals surface area contributed by atoms with Crippen LogP contribution in [0.15, 0.2) is 72.3 Å². The third kappa shape index (κ3) is 6.49. The standard InChI is InChI=1S/C16H22N4O3/c1-4-5-12(6-7-17)16(23)20-19-9-14(13(8-18)10-21)15(22)11(2)3/h4-9,19,21H,1-2,10,17-18H2,3H3,(H,20,23)/b7-6-,12-5+,13-8-,14-9?. The van der Waals surface area contributed by atoms with E-state index in [0.717, 1.165) is 6.20 Å². The van der Waals surface area contributed by atoms with E-state index in [9.17, 15) is 14.7 Å². The number of nitrogens with one attached hydrogen (secondary N) is 2. The molecule has 0 heterocycles. The molecule has 0 atom stereocenters. The van der Waals surface area contributed by atoms with Crippen LogP contribution in [-0.2, 0) is 9.59 Å². The fourth-order valence-corrected chi connectivity index (χ4v) is 1.45. The van der Waals surface area contributed by atoms with E-state index in [1.54, 1.807) is 0 Å². The number of nitrogens with two attached hydrogens (primary N) is 2. The van der Waals surface area contributed by atoms with Crippen molar-refractivity contribution in [1.29, 1.82) is 0 Å². The van der Waals surface area contributed by atoms with Gasteiger partial charge in [-0.25, -0.2) is 0 Å². The Hall–Kier alpha value is -3.06. The van der Waals surface area contributed by atoms with E-state index in [1.165, 1.54) is 37.6 Å². The maximum Gasteiger partial charge on any atom is 0.269 e. The zero-order chi connectivity index (χ0) is 17.8. The van der Waals surface area contributed by atoms with E-state index in [2.05, 4.69) is 24.0 Å². The Balaban J connectivity index is 5.22. The van der Waals surface area contributed by atoms with Gasteiger partial charge in [0, 0.05) is 29.1 Å². The molecule has 124 valence electrons. The number of allylic oxidation sites excluding steroid dienone is 3. The van der Waals surface area contributed by atoms with Crippen LogP contribution in [0, 0.1) is 0 Å². The molecular weight excluding hydrogens is 296 g/mol. The first-order chi connectivity index (χ1) is 10.9. The van der Waals surface area contributed by atoms with Crippen LogP contribution >= 0.6 is 0 Å². The molecule has 0 aromatic heterocycles. The number of amides is 1. The van der Waals surface area contributed by atoms with Crippen LogP contribution in [0.3, 0.4) is 0 Å². The molecule has 7 nitrogen and oxygen atoms in total. The summed E-state index contributed by atoms with van der Waals surface area (Å²) >= 11 is 0. The molecule has 7 N–H and O–H groups in total. The molecule has 7 heteroatoms. The maximum absolute atomic E-state index is 12.0. The van der Waals surface area contributed by atoms with Gasteiger partial charge in [-0.05, 0) is 30.8 Å². The average Bonchev–Trinajstić information content (AvgIpc) is 2.53. The van der Waals surface area contributed by atoms with E-state index in [1.807, 2.05) is 0 Å². The van der Waals surface area contributed by atoms with Crippen molar-refractivity contribution >= 4 is 11.7 Å². The van der Waals surface area contributed by atoms with Crippen LogP contribution in [0.25, 0.3) is 0 Å². The van der Waals surface area contributed by atoms with Crippen molar-refractivity contribution in [2.45, 2.75) is 6.92 Å². The van der Waals surface area contributed by atoms with Crippen molar-refractivity contribution in [1.82, 2.24) is 10.9 Å². The van der Waals surface area contributed by atoms with Gasteiger partial charge in [0.25, 0.3) is 5.91 Å². The maximum atomic E-state index is 12.0. The molecule has 23 heavy (non-hydrogen) atoms. The molecule has 0 saturated heterocycles. The average molecular weight is 318 g/mol. The SMILES string of the molecule is C=C/C=C(\C=C/N)C(=O)NNC=C(C(=O)C(=C)C)/C(=C\N)CO. The monoisotopic (exact) mass is 318 g/mol. The van der Waals surface area contributed by atoms with Gasteiger partial charge in [0.15, 0.2) is 5.78 Å². The predicted molar refractivity (Wildman–Crippen MR) is 90.1 cm³/mol. The van der Waals surface area contributed by atoms with Crippen LogP contribution in [0.5, 0.6) is 0 Å². The highest BCUT2D eigenvalue weighted by Crippen LogP contribution is 2.12. The zero-order valence-electron chi connectivity index (χ0n) is 13.0. The molecule has 0 spiro atoms. The fraction of sp³-hybridized carbons (Fsp3) is 0.125. The van der Waals surface area contributed by atoms with Gasteiger partial charge in [-0.2, -0.15) is 0 Å². The highest BCUT2D eigenvalue weighted by Gasteiger charge is 2.14. The second-order valence-corrected chi connectivity index (χ2v) is 4.33. The van der Waals surface area contributed by atoms with E-state index < -0.39 is 18.3 Å². The molecule has 0 aromatic carbocycles. The molecular formula is C16H22N4O3. The summed E-state index contributed by atoms with van der Waals surface area (Å²) in [6.07, 6.45) is 7.83. The molecule has 0 bridgehead atoms. The Morgan fingerprint density at radius 3 is 2.39 bits per heavy atom. The van der Waals surface area contributed by atoms with Gasteiger partial charge in [-0.1, -0.05) is 19.2 Å². The van der Waals surface area contributed by atoms with Crippen molar-refractivity contribution in [3.8, 4) is 0 Å². The molecule has 0 rings (SSSR count). The van der Waals surface area contributed by atoms with Crippen LogP contribution < -0.4 is 22.3 Å². The van der Waals surface area contributed by atoms with Crippen molar-refractivity contribution in [3.05, 3.63) is 72.3 Å². The van der Waals surface area contributed by atoms with Gasteiger partial charge in [-0.15, -0.1) is 0 Å². The molecule has 0 aliphatic rings. The summed E-state index contributed by atoms with van der Waals surface area (Å²) in [6, 6.07) is 0. The minimum atomic E-state index is -0.493. The lowest BCUT2D eigenvalue weighted by Crippen LogP contribution is -2.35. The summed E-state index contributed by atoms with van der Waals surface area (Å²) in [5.41, 5.74) is 16.3. The quantitative estimate of drug-likeness (QED) is 0.232. The predicted octanol–water partition coefficient (Wildman–Crippen LogP) is 0.0560. The number of carbonyl (C=O) groups excluding carboxylic acids is 2. The minimum absolute atomic E-state index is 0.0893. The number of hydrogen-bond acceptors (Lipinski definition) is 6. The van der Waals surface area contributed by atoms with Crippen LogP contribution in [0.2, 0.25) is 0 Å². The number of Topliss-reactive ketones (excluding diaryl/α,β-unsaturated/α-hetero) is 1. The third-order valence-electron chi connectivity index (χ3n) is 2.59. The lowest BCUT2D eigenvalue weighted by atomic mass is 10.0. The summed E-state index contributed by atoms with van der Waals surface area (Å²) in [5.74, 6) is -0.909. The summed E-state index contributed by atoms with van der Waals surface area (Å²) in [4.78, 5) is 23.9. The van der Waals surface area contributed by atoms with Gasteiger partial charge < -0.3 is 22.0 Å². The van der Waals surface area contributed by atoms with E-state index in [-0.39, 0.29) is 22.3 Å². The Bertz CT molecular complexity index is 594. The van der Waals surface area contributed by atoms with E-state index in [4.69, 9.17) is 11.5 Å². The van der Waals surface area contributed by atoms with Crippen molar-refractivity contribution < 1.29 is 14.7 Å². The molecule has 0 aliphatic carbocycles. The first kappa shape index (κ1) is 19.9. The minimum Gasteiger partial charge on any atom is -0.405 e. The van der Waals surface area contributed by atoms with Gasteiger partial charge in [0.2, 0.25) is 0 Å². The summed E-state index contributed by atoms with van der Waals surface area (Å²) < 4.78 is 0. The van der Waals surface area contributed by atoms with E-state index in [0.29, 0.717) is 0 Å². The Kier molecular flexibility index (Phi) is 9.22. The van der Waals surface area contributed by atoms with Gasteiger partial charge in [0.05, 0.1) is 6.61 Å². The largest absolute Gasteiger partial charge is 0.405 e. The molecule has 0 aliphatic heterocycles.